The molecule has 3 nitrogen and oxygen atoms in total. The van der Waals surface area contributed by atoms with Crippen molar-refractivity contribution in [2.75, 3.05) is 13.1 Å². The molecule has 0 aliphatic carbocycles. The quantitative estimate of drug-likeness (QED) is 0.787. The third-order valence-corrected chi connectivity index (χ3v) is 2.41. The predicted octanol–water partition coefficient (Wildman–Crippen LogP) is 1.19. The molecule has 0 radical (unpaired) electrons. The molecule has 0 heterocycles. The summed E-state index contributed by atoms with van der Waals surface area (Å²) in [7, 11) is 0. The highest BCUT2D eigenvalue weighted by Gasteiger charge is 2.18. The molecule has 3 N–H and O–H groups in total. The molecule has 0 fully saturated rings. The van der Waals surface area contributed by atoms with Gasteiger partial charge in [0.2, 0.25) is 5.91 Å². The Hall–Kier alpha value is -1.49. The molecule has 0 saturated heterocycles. The van der Waals surface area contributed by atoms with Crippen LogP contribution in [0.1, 0.15) is 5.56 Å². The molecule has 0 aromatic heterocycles. The molecule has 0 saturated carbocycles. The van der Waals surface area contributed by atoms with E-state index in [1.165, 1.54) is 0 Å². The molecule has 5 heteroatoms. The van der Waals surface area contributed by atoms with Crippen molar-refractivity contribution in [2.45, 2.75) is 12.8 Å². The largest absolute Gasteiger partial charge is 0.350 e. The Bertz CT molecular complexity index is 344. The van der Waals surface area contributed by atoms with Crippen molar-refractivity contribution in [3.63, 3.8) is 0 Å². The summed E-state index contributed by atoms with van der Waals surface area (Å²) in [6, 6.07) is 9.35. The summed E-state index contributed by atoms with van der Waals surface area (Å²) in [6.45, 7) is -0.478. The fourth-order valence-corrected chi connectivity index (χ4v) is 1.50. The molecular weight excluding hydrogens is 226 g/mol. The zero-order chi connectivity index (χ0) is 12.7. The van der Waals surface area contributed by atoms with Gasteiger partial charge < -0.3 is 11.1 Å². The van der Waals surface area contributed by atoms with E-state index in [9.17, 15) is 13.6 Å². The zero-order valence-electron chi connectivity index (χ0n) is 9.40. The second kappa shape index (κ2) is 6.96. The lowest BCUT2D eigenvalue weighted by molar-refractivity contribution is -0.125. The lowest BCUT2D eigenvalue weighted by Gasteiger charge is -2.14. The Balaban J connectivity index is 2.51. The van der Waals surface area contributed by atoms with Crippen molar-refractivity contribution in [3.8, 4) is 0 Å². The minimum Gasteiger partial charge on any atom is -0.350 e. The van der Waals surface area contributed by atoms with Gasteiger partial charge in [-0.05, 0) is 12.0 Å². The van der Waals surface area contributed by atoms with Crippen LogP contribution in [0.5, 0.6) is 0 Å². The van der Waals surface area contributed by atoms with Crippen LogP contribution in [-0.4, -0.2) is 25.4 Å². The van der Waals surface area contributed by atoms with Crippen LogP contribution in [0.25, 0.3) is 0 Å². The summed E-state index contributed by atoms with van der Waals surface area (Å²) in [6.07, 6.45) is -2.07. The van der Waals surface area contributed by atoms with E-state index in [4.69, 9.17) is 5.73 Å². The van der Waals surface area contributed by atoms with E-state index in [1.54, 1.807) is 0 Å². The highest BCUT2D eigenvalue weighted by molar-refractivity contribution is 5.79. The standard InChI is InChI=1S/C12H16F2N2O/c13-11(14)8-16-12(17)10(7-15)6-9-4-2-1-3-5-9/h1-5,10-11H,6-8,15H2,(H,16,17). The van der Waals surface area contributed by atoms with Crippen LogP contribution < -0.4 is 11.1 Å². The Morgan fingerprint density at radius 3 is 2.47 bits per heavy atom. The van der Waals surface area contributed by atoms with Gasteiger partial charge in [0.05, 0.1) is 12.5 Å². The van der Waals surface area contributed by atoms with E-state index < -0.39 is 24.8 Å². The number of hydrogen-bond donors (Lipinski definition) is 2. The van der Waals surface area contributed by atoms with Crippen LogP contribution in [0.4, 0.5) is 8.78 Å². The first kappa shape index (κ1) is 13.6. The fraction of sp³-hybridized carbons (Fsp3) is 0.417. The summed E-state index contributed by atoms with van der Waals surface area (Å²) in [5.74, 6) is -0.882. The van der Waals surface area contributed by atoms with Crippen LogP contribution in [0, 0.1) is 5.92 Å². The number of carbonyl (C=O) groups excluding carboxylic acids is 1. The van der Waals surface area contributed by atoms with Gasteiger partial charge in [-0.25, -0.2) is 8.78 Å². The summed E-state index contributed by atoms with van der Waals surface area (Å²) < 4.78 is 23.9. The van der Waals surface area contributed by atoms with Gasteiger partial charge in [-0.2, -0.15) is 0 Å². The molecule has 1 rings (SSSR count). The molecule has 1 amide bonds. The van der Waals surface area contributed by atoms with E-state index in [0.717, 1.165) is 5.56 Å². The molecule has 1 atom stereocenters. The second-order valence-corrected chi connectivity index (χ2v) is 3.76. The number of hydrogen-bond acceptors (Lipinski definition) is 2. The average Bonchev–Trinajstić information content (AvgIpc) is 2.34. The van der Waals surface area contributed by atoms with E-state index >= 15 is 0 Å². The first-order valence-electron chi connectivity index (χ1n) is 5.43. The summed E-state index contributed by atoms with van der Waals surface area (Å²) in [4.78, 5) is 11.6. The van der Waals surface area contributed by atoms with Crippen LogP contribution in [0.15, 0.2) is 30.3 Å². The Morgan fingerprint density at radius 1 is 1.29 bits per heavy atom. The molecule has 0 aliphatic rings. The van der Waals surface area contributed by atoms with Gasteiger partial charge in [0, 0.05) is 6.54 Å². The number of halogens is 2. The third kappa shape index (κ3) is 4.91. The van der Waals surface area contributed by atoms with Gasteiger partial charge in [-0.15, -0.1) is 0 Å². The highest BCUT2D eigenvalue weighted by Crippen LogP contribution is 2.08. The first-order valence-corrected chi connectivity index (χ1v) is 5.43. The number of benzene rings is 1. The van der Waals surface area contributed by atoms with Crippen molar-refractivity contribution in [3.05, 3.63) is 35.9 Å². The van der Waals surface area contributed by atoms with Gasteiger partial charge in [0.15, 0.2) is 0 Å². The van der Waals surface area contributed by atoms with E-state index in [2.05, 4.69) is 5.32 Å². The van der Waals surface area contributed by atoms with Crippen molar-refractivity contribution < 1.29 is 13.6 Å². The second-order valence-electron chi connectivity index (χ2n) is 3.76. The number of rotatable bonds is 6. The van der Waals surface area contributed by atoms with Gasteiger partial charge >= 0.3 is 0 Å². The molecule has 0 aliphatic heterocycles. The van der Waals surface area contributed by atoms with E-state index in [0.29, 0.717) is 6.42 Å². The first-order chi connectivity index (χ1) is 8.13. The van der Waals surface area contributed by atoms with Gasteiger partial charge in [0.25, 0.3) is 6.43 Å². The molecular formula is C12H16F2N2O. The minimum atomic E-state index is -2.53. The number of carbonyl (C=O) groups is 1. The maximum atomic E-state index is 11.9. The lowest BCUT2D eigenvalue weighted by atomic mass is 9.98. The van der Waals surface area contributed by atoms with E-state index in [1.807, 2.05) is 30.3 Å². The SMILES string of the molecule is NCC(Cc1ccccc1)C(=O)NCC(F)F. The Labute approximate surface area is 99.0 Å². The molecule has 1 aromatic carbocycles. The molecule has 1 aromatic rings. The Morgan fingerprint density at radius 2 is 1.94 bits per heavy atom. The monoisotopic (exact) mass is 242 g/mol. The third-order valence-electron chi connectivity index (χ3n) is 2.41. The van der Waals surface area contributed by atoms with Crippen molar-refractivity contribution in [2.24, 2.45) is 11.7 Å². The lowest BCUT2D eigenvalue weighted by Crippen LogP contribution is -2.38. The number of alkyl halides is 2. The van der Waals surface area contributed by atoms with Crippen molar-refractivity contribution in [1.29, 1.82) is 0 Å². The normalized spacial score (nSPS) is 12.5. The Kier molecular flexibility index (Phi) is 5.56. The number of amides is 1. The van der Waals surface area contributed by atoms with Crippen LogP contribution >= 0.6 is 0 Å². The van der Waals surface area contributed by atoms with Gasteiger partial charge in [-0.1, -0.05) is 30.3 Å². The predicted molar refractivity (Wildman–Crippen MR) is 61.7 cm³/mol. The minimum absolute atomic E-state index is 0.143. The number of nitrogens with two attached hydrogens (primary N) is 1. The maximum absolute atomic E-state index is 11.9. The smallest absolute Gasteiger partial charge is 0.255 e. The van der Waals surface area contributed by atoms with Crippen LogP contribution in [0.2, 0.25) is 0 Å². The number of nitrogens with one attached hydrogen (secondary N) is 1. The van der Waals surface area contributed by atoms with Gasteiger partial charge in [0.1, 0.15) is 0 Å². The van der Waals surface area contributed by atoms with Crippen molar-refractivity contribution >= 4 is 5.91 Å². The summed E-state index contributed by atoms with van der Waals surface area (Å²) >= 11 is 0. The molecule has 17 heavy (non-hydrogen) atoms. The summed E-state index contributed by atoms with van der Waals surface area (Å²) in [5.41, 5.74) is 6.45. The molecule has 0 spiro atoms. The van der Waals surface area contributed by atoms with Crippen molar-refractivity contribution in [1.82, 2.24) is 5.32 Å². The van der Waals surface area contributed by atoms with Crippen LogP contribution in [-0.2, 0) is 11.2 Å². The molecule has 1 unspecified atom stereocenters. The molecule has 94 valence electrons. The maximum Gasteiger partial charge on any atom is 0.255 e. The fourth-order valence-electron chi connectivity index (χ4n) is 1.50. The molecule has 0 bridgehead atoms. The average molecular weight is 242 g/mol. The van der Waals surface area contributed by atoms with E-state index in [-0.39, 0.29) is 6.54 Å². The summed E-state index contributed by atoms with van der Waals surface area (Å²) in [5, 5.41) is 2.18. The van der Waals surface area contributed by atoms with Crippen LogP contribution in [0.3, 0.4) is 0 Å². The zero-order valence-corrected chi connectivity index (χ0v) is 9.40. The van der Waals surface area contributed by atoms with Gasteiger partial charge in [-0.3, -0.25) is 4.79 Å². The topological polar surface area (TPSA) is 55.1 Å². The highest BCUT2D eigenvalue weighted by atomic mass is 19.3.